The Morgan fingerprint density at radius 2 is 1.84 bits per heavy atom. The van der Waals surface area contributed by atoms with Crippen LogP contribution < -0.4 is 15.8 Å². The number of para-hydroxylation sites is 2. The Hall–Kier alpha value is -3.16. The number of alkyl halides is 2. The monoisotopic (exact) mass is 348 g/mol. The number of carbonyl (C=O) groups is 1. The van der Waals surface area contributed by atoms with Gasteiger partial charge < -0.3 is 14.5 Å². The van der Waals surface area contributed by atoms with Crippen LogP contribution in [0.3, 0.4) is 0 Å². The van der Waals surface area contributed by atoms with Gasteiger partial charge in [0.25, 0.3) is 0 Å². The van der Waals surface area contributed by atoms with E-state index >= 15 is 0 Å². The molecule has 0 saturated heterocycles. The van der Waals surface area contributed by atoms with Crippen molar-refractivity contribution in [1.82, 2.24) is 4.57 Å². The molecule has 3 rings (SSSR count). The molecule has 0 aliphatic rings. The summed E-state index contributed by atoms with van der Waals surface area (Å²) in [5, 5.41) is 2.62. The van der Waals surface area contributed by atoms with Gasteiger partial charge in [-0.1, -0.05) is 12.1 Å². The summed E-state index contributed by atoms with van der Waals surface area (Å²) in [5.74, 6) is -1.10. The van der Waals surface area contributed by atoms with Gasteiger partial charge in [0, 0.05) is 5.69 Å². The minimum absolute atomic E-state index is 0.0157. The fraction of sp³-hybridized carbons (Fsp3) is 0.176. The van der Waals surface area contributed by atoms with Gasteiger partial charge in [0.15, 0.2) is 5.58 Å². The lowest BCUT2D eigenvalue weighted by molar-refractivity contribution is -0.118. The summed E-state index contributed by atoms with van der Waals surface area (Å²) >= 11 is 0. The number of amides is 1. The zero-order valence-electron chi connectivity index (χ0n) is 13.1. The van der Waals surface area contributed by atoms with Crippen LogP contribution in [0.5, 0.6) is 5.75 Å². The SMILES string of the molecule is CC(C(=O)Nc1ccc(OC(F)F)cc1)n1c(=O)oc2ccccc21. The molecule has 1 aromatic heterocycles. The van der Waals surface area contributed by atoms with Crippen molar-refractivity contribution in [3.05, 3.63) is 59.1 Å². The topological polar surface area (TPSA) is 73.5 Å². The van der Waals surface area contributed by atoms with Crippen molar-refractivity contribution in [3.63, 3.8) is 0 Å². The number of nitrogens with zero attached hydrogens (tertiary/aromatic N) is 1. The van der Waals surface area contributed by atoms with Crippen LogP contribution >= 0.6 is 0 Å². The van der Waals surface area contributed by atoms with Gasteiger partial charge in [-0.25, -0.2) is 4.79 Å². The molecule has 0 fully saturated rings. The van der Waals surface area contributed by atoms with Crippen LogP contribution in [-0.2, 0) is 4.79 Å². The number of ether oxygens (including phenoxy) is 1. The highest BCUT2D eigenvalue weighted by Gasteiger charge is 2.21. The standard InChI is InChI=1S/C17H14F2N2O4/c1-10(21-13-4-2-3-5-14(13)25-17(21)23)15(22)20-11-6-8-12(9-7-11)24-16(18)19/h2-10,16H,1H3,(H,20,22). The number of aromatic nitrogens is 1. The van der Waals surface area contributed by atoms with Crippen molar-refractivity contribution in [1.29, 1.82) is 0 Å². The zero-order valence-corrected chi connectivity index (χ0v) is 13.1. The number of halogens is 2. The first-order chi connectivity index (χ1) is 12.0. The molecule has 1 amide bonds. The first-order valence-electron chi connectivity index (χ1n) is 7.41. The molecular weight excluding hydrogens is 334 g/mol. The highest BCUT2D eigenvalue weighted by molar-refractivity contribution is 5.94. The lowest BCUT2D eigenvalue weighted by Gasteiger charge is -2.13. The Bertz CT molecular complexity index is 947. The molecule has 0 aliphatic carbocycles. The number of oxazole rings is 1. The second-order valence-electron chi connectivity index (χ2n) is 5.27. The molecule has 1 atom stereocenters. The molecule has 0 aliphatic heterocycles. The molecule has 0 bridgehead atoms. The number of fused-ring (bicyclic) bond motifs is 1. The van der Waals surface area contributed by atoms with Crippen LogP contribution in [0, 0.1) is 0 Å². The Kier molecular flexibility index (Phi) is 4.51. The van der Waals surface area contributed by atoms with Crippen LogP contribution in [-0.4, -0.2) is 17.1 Å². The van der Waals surface area contributed by atoms with Gasteiger partial charge in [0.1, 0.15) is 11.8 Å². The third-order valence-electron chi connectivity index (χ3n) is 3.63. The van der Waals surface area contributed by atoms with Crippen molar-refractivity contribution >= 4 is 22.7 Å². The third-order valence-corrected chi connectivity index (χ3v) is 3.63. The molecule has 25 heavy (non-hydrogen) atoms. The lowest BCUT2D eigenvalue weighted by atomic mass is 10.2. The molecule has 6 nitrogen and oxygen atoms in total. The molecule has 0 spiro atoms. The molecule has 0 saturated carbocycles. The van der Waals surface area contributed by atoms with Crippen molar-refractivity contribution < 1.29 is 22.7 Å². The molecule has 1 heterocycles. The van der Waals surface area contributed by atoms with Crippen molar-refractivity contribution in [2.45, 2.75) is 19.6 Å². The van der Waals surface area contributed by atoms with Crippen molar-refractivity contribution in [2.24, 2.45) is 0 Å². The van der Waals surface area contributed by atoms with E-state index in [1.54, 1.807) is 31.2 Å². The van der Waals surface area contributed by atoms with E-state index in [1.807, 2.05) is 0 Å². The van der Waals surface area contributed by atoms with Crippen LogP contribution in [0.1, 0.15) is 13.0 Å². The smallest absolute Gasteiger partial charge is 0.420 e. The Morgan fingerprint density at radius 1 is 1.16 bits per heavy atom. The minimum Gasteiger partial charge on any atom is -0.435 e. The summed E-state index contributed by atoms with van der Waals surface area (Å²) in [6.07, 6.45) is 0. The van der Waals surface area contributed by atoms with E-state index in [1.165, 1.54) is 28.8 Å². The average Bonchev–Trinajstić information content (AvgIpc) is 2.91. The second kappa shape index (κ2) is 6.76. The number of hydrogen-bond donors (Lipinski definition) is 1. The maximum absolute atomic E-state index is 12.4. The maximum Gasteiger partial charge on any atom is 0.420 e. The second-order valence-corrected chi connectivity index (χ2v) is 5.27. The summed E-state index contributed by atoms with van der Waals surface area (Å²) < 4.78 is 34.9. The van der Waals surface area contributed by atoms with Crippen LogP contribution in [0.2, 0.25) is 0 Å². The predicted octanol–water partition coefficient (Wildman–Crippen LogP) is 3.40. The first kappa shape index (κ1) is 16.7. The Labute approximate surface area is 140 Å². The van der Waals surface area contributed by atoms with Crippen molar-refractivity contribution in [2.75, 3.05) is 5.32 Å². The molecule has 2 aromatic carbocycles. The third kappa shape index (κ3) is 3.52. The van der Waals surface area contributed by atoms with E-state index in [0.29, 0.717) is 16.8 Å². The molecule has 0 radical (unpaired) electrons. The van der Waals surface area contributed by atoms with Gasteiger partial charge in [-0.3, -0.25) is 9.36 Å². The van der Waals surface area contributed by atoms with E-state index in [0.717, 1.165) is 0 Å². The largest absolute Gasteiger partial charge is 0.435 e. The fourth-order valence-corrected chi connectivity index (χ4v) is 2.43. The lowest BCUT2D eigenvalue weighted by Crippen LogP contribution is -2.29. The number of hydrogen-bond acceptors (Lipinski definition) is 4. The Balaban J connectivity index is 1.78. The summed E-state index contributed by atoms with van der Waals surface area (Å²) in [4.78, 5) is 24.4. The number of nitrogens with one attached hydrogen (secondary N) is 1. The first-order valence-corrected chi connectivity index (χ1v) is 7.41. The normalized spacial score (nSPS) is 12.3. The summed E-state index contributed by atoms with van der Waals surface area (Å²) in [7, 11) is 0. The number of benzene rings is 2. The average molecular weight is 348 g/mol. The fourth-order valence-electron chi connectivity index (χ4n) is 2.43. The highest BCUT2D eigenvalue weighted by atomic mass is 19.3. The van der Waals surface area contributed by atoms with Gasteiger partial charge in [0.2, 0.25) is 5.91 Å². The van der Waals surface area contributed by atoms with E-state index in [4.69, 9.17) is 4.42 Å². The van der Waals surface area contributed by atoms with Crippen LogP contribution in [0.4, 0.5) is 14.5 Å². The van der Waals surface area contributed by atoms with E-state index in [2.05, 4.69) is 10.1 Å². The molecular formula is C17H14F2N2O4. The van der Waals surface area contributed by atoms with Gasteiger partial charge in [-0.05, 0) is 43.3 Å². The van der Waals surface area contributed by atoms with Crippen molar-refractivity contribution in [3.8, 4) is 5.75 Å². The van der Waals surface area contributed by atoms with Gasteiger partial charge >= 0.3 is 12.4 Å². The molecule has 130 valence electrons. The number of carbonyl (C=O) groups excluding carboxylic acids is 1. The van der Waals surface area contributed by atoms with Gasteiger partial charge in [0.05, 0.1) is 5.52 Å². The highest BCUT2D eigenvalue weighted by Crippen LogP contribution is 2.20. The number of anilines is 1. The quantitative estimate of drug-likeness (QED) is 0.767. The number of rotatable bonds is 5. The van der Waals surface area contributed by atoms with Crippen LogP contribution in [0.25, 0.3) is 11.1 Å². The van der Waals surface area contributed by atoms with E-state index < -0.39 is 24.3 Å². The molecule has 1 N–H and O–H groups in total. The van der Waals surface area contributed by atoms with E-state index in [9.17, 15) is 18.4 Å². The minimum atomic E-state index is -2.92. The van der Waals surface area contributed by atoms with Gasteiger partial charge in [-0.2, -0.15) is 8.78 Å². The van der Waals surface area contributed by atoms with Crippen LogP contribution in [0.15, 0.2) is 57.7 Å². The van der Waals surface area contributed by atoms with E-state index in [-0.39, 0.29) is 5.75 Å². The molecule has 1 unspecified atom stereocenters. The zero-order chi connectivity index (χ0) is 18.0. The predicted molar refractivity (Wildman–Crippen MR) is 86.9 cm³/mol. The summed E-state index contributed by atoms with van der Waals surface area (Å²) in [6.45, 7) is -1.35. The Morgan fingerprint density at radius 3 is 2.52 bits per heavy atom. The van der Waals surface area contributed by atoms with Gasteiger partial charge in [-0.15, -0.1) is 0 Å². The summed E-state index contributed by atoms with van der Waals surface area (Å²) in [6, 6.07) is 11.4. The molecule has 8 heteroatoms. The molecule has 3 aromatic rings. The maximum atomic E-state index is 12.4. The summed E-state index contributed by atoms with van der Waals surface area (Å²) in [5.41, 5.74) is 1.29.